The lowest BCUT2D eigenvalue weighted by atomic mass is 10.1. The maximum Gasteiger partial charge on any atom is 0.290 e. The highest BCUT2D eigenvalue weighted by Gasteiger charge is 2.27. The third-order valence-electron chi connectivity index (χ3n) is 3.59. The molecular weight excluding hydrogens is 365 g/mol. The Balaban J connectivity index is 2.49. The van der Waals surface area contributed by atoms with Gasteiger partial charge in [0.05, 0.1) is 16.3 Å². The maximum absolute atomic E-state index is 13.7. The maximum atomic E-state index is 13.7. The van der Waals surface area contributed by atoms with Crippen molar-refractivity contribution in [1.82, 2.24) is 0 Å². The van der Waals surface area contributed by atoms with Crippen LogP contribution >= 0.6 is 0 Å². The summed E-state index contributed by atoms with van der Waals surface area (Å²) in [6.45, 7) is 4.44. The van der Waals surface area contributed by atoms with Crippen LogP contribution in [0.15, 0.2) is 35.2 Å². The van der Waals surface area contributed by atoms with Crippen molar-refractivity contribution in [3.63, 3.8) is 0 Å². The Morgan fingerprint density at radius 1 is 1.15 bits per heavy atom. The highest BCUT2D eigenvalue weighted by molar-refractivity contribution is 7.92. The Kier molecular flexibility index (Phi) is 5.26. The minimum Gasteiger partial charge on any atom is -0.324 e. The lowest BCUT2D eigenvalue weighted by Gasteiger charge is -2.12. The van der Waals surface area contributed by atoms with Gasteiger partial charge in [-0.2, -0.15) is 0 Å². The molecule has 0 aliphatic rings. The van der Waals surface area contributed by atoms with Gasteiger partial charge in [-0.15, -0.1) is 0 Å². The number of aryl methyl sites for hydroxylation is 2. The summed E-state index contributed by atoms with van der Waals surface area (Å²) in [5.41, 5.74) is 0.305. The third kappa shape index (κ3) is 4.14. The molecule has 8 nitrogen and oxygen atoms in total. The van der Waals surface area contributed by atoms with Crippen molar-refractivity contribution < 1.29 is 22.5 Å². The van der Waals surface area contributed by atoms with E-state index in [4.69, 9.17) is 0 Å². The number of carbonyl (C=O) groups excluding carboxylic acids is 1. The van der Waals surface area contributed by atoms with E-state index in [1.165, 1.54) is 19.1 Å². The lowest BCUT2D eigenvalue weighted by Crippen LogP contribution is -2.16. The summed E-state index contributed by atoms with van der Waals surface area (Å²) in [7, 11) is -4.31. The zero-order chi connectivity index (χ0) is 19.6. The molecule has 0 bridgehead atoms. The number of nitrogens with one attached hydrogen (secondary N) is 2. The Labute approximate surface area is 149 Å². The van der Waals surface area contributed by atoms with E-state index < -0.39 is 37.3 Å². The van der Waals surface area contributed by atoms with Crippen LogP contribution in [0.3, 0.4) is 0 Å². The van der Waals surface area contributed by atoms with Crippen molar-refractivity contribution in [2.45, 2.75) is 25.7 Å². The fourth-order valence-corrected chi connectivity index (χ4v) is 3.50. The number of halogens is 1. The van der Waals surface area contributed by atoms with Gasteiger partial charge >= 0.3 is 0 Å². The van der Waals surface area contributed by atoms with E-state index in [0.29, 0.717) is 11.1 Å². The zero-order valence-electron chi connectivity index (χ0n) is 14.2. The van der Waals surface area contributed by atoms with E-state index in [-0.39, 0.29) is 11.4 Å². The number of nitrogens with zero attached hydrogens (tertiary/aromatic N) is 1. The van der Waals surface area contributed by atoms with Gasteiger partial charge in [-0.3, -0.25) is 19.6 Å². The molecule has 0 fully saturated rings. The Morgan fingerprint density at radius 2 is 1.77 bits per heavy atom. The molecule has 0 heterocycles. The van der Waals surface area contributed by atoms with Gasteiger partial charge in [-0.1, -0.05) is 0 Å². The minimum atomic E-state index is -4.31. The van der Waals surface area contributed by atoms with E-state index in [1.54, 1.807) is 13.8 Å². The molecule has 0 unspecified atom stereocenters. The summed E-state index contributed by atoms with van der Waals surface area (Å²) in [5.74, 6) is -1.28. The first kappa shape index (κ1) is 19.3. The van der Waals surface area contributed by atoms with E-state index in [0.717, 1.165) is 18.2 Å². The molecule has 10 heteroatoms. The number of nitro groups is 1. The molecule has 1 amide bonds. The van der Waals surface area contributed by atoms with Crippen LogP contribution in [0.2, 0.25) is 0 Å². The van der Waals surface area contributed by atoms with Crippen LogP contribution in [0.5, 0.6) is 0 Å². The van der Waals surface area contributed by atoms with Gasteiger partial charge in [0.15, 0.2) is 4.90 Å². The van der Waals surface area contributed by atoms with Crippen molar-refractivity contribution in [3.05, 3.63) is 57.4 Å². The van der Waals surface area contributed by atoms with Crippen LogP contribution in [0.1, 0.15) is 18.1 Å². The number of hydrogen-bond donors (Lipinski definition) is 2. The highest BCUT2D eigenvalue weighted by atomic mass is 32.2. The average molecular weight is 381 g/mol. The van der Waals surface area contributed by atoms with E-state index >= 15 is 0 Å². The summed E-state index contributed by atoms with van der Waals surface area (Å²) in [6, 6.07) is 5.58. The summed E-state index contributed by atoms with van der Waals surface area (Å²) in [5, 5.41) is 13.4. The zero-order valence-corrected chi connectivity index (χ0v) is 15.0. The second-order valence-corrected chi connectivity index (χ2v) is 7.29. The summed E-state index contributed by atoms with van der Waals surface area (Å²) < 4.78 is 41.1. The fourth-order valence-electron chi connectivity index (χ4n) is 2.22. The number of anilines is 2. The second-order valence-electron chi connectivity index (χ2n) is 5.64. The molecule has 2 rings (SSSR count). The molecule has 0 radical (unpaired) electrons. The number of rotatable bonds is 5. The van der Waals surface area contributed by atoms with Crippen LogP contribution in [0.4, 0.5) is 21.5 Å². The lowest BCUT2D eigenvalue weighted by molar-refractivity contribution is -0.387. The standard InChI is InChI=1S/C16H16FN3O5S/c1-9-6-15(20(22)23)16(7-10(9)2)26(24,25)19-12-4-5-13(17)14(8-12)18-11(3)21/h4-8,19H,1-3H3,(H,18,21). The van der Waals surface area contributed by atoms with E-state index in [9.17, 15) is 27.7 Å². The van der Waals surface area contributed by atoms with Crippen LogP contribution in [-0.2, 0) is 14.8 Å². The third-order valence-corrected chi connectivity index (χ3v) is 5.00. The molecule has 0 aliphatic heterocycles. The number of benzene rings is 2. The van der Waals surface area contributed by atoms with Crippen molar-refractivity contribution in [2.75, 3.05) is 10.0 Å². The SMILES string of the molecule is CC(=O)Nc1cc(NS(=O)(=O)c2cc(C)c(C)cc2[N+](=O)[O-])ccc1F. The molecule has 0 atom stereocenters. The van der Waals surface area contributed by atoms with E-state index in [2.05, 4.69) is 10.0 Å². The first-order valence-corrected chi connectivity index (χ1v) is 8.85. The van der Waals surface area contributed by atoms with Gasteiger partial charge in [0.25, 0.3) is 15.7 Å². The van der Waals surface area contributed by atoms with Crippen LogP contribution < -0.4 is 10.0 Å². The number of hydrogen-bond acceptors (Lipinski definition) is 5. The number of sulfonamides is 1. The van der Waals surface area contributed by atoms with Gasteiger partial charge in [-0.05, 0) is 49.2 Å². The number of amides is 1. The molecule has 2 aromatic carbocycles. The molecular formula is C16H16FN3O5S. The van der Waals surface area contributed by atoms with E-state index in [1.807, 2.05) is 0 Å². The van der Waals surface area contributed by atoms with Crippen LogP contribution in [0, 0.1) is 29.8 Å². The quantitative estimate of drug-likeness (QED) is 0.609. The van der Waals surface area contributed by atoms with Crippen molar-refractivity contribution >= 4 is 33.0 Å². The first-order chi connectivity index (χ1) is 12.0. The number of carbonyl (C=O) groups is 1. The molecule has 0 saturated carbocycles. The predicted molar refractivity (Wildman–Crippen MR) is 94.1 cm³/mol. The van der Waals surface area contributed by atoms with Gasteiger partial charge in [0.1, 0.15) is 5.82 Å². The second kappa shape index (κ2) is 7.08. The molecule has 138 valence electrons. The molecule has 2 N–H and O–H groups in total. The normalized spacial score (nSPS) is 11.1. The average Bonchev–Trinajstić information content (AvgIpc) is 2.51. The Hall–Kier alpha value is -3.01. The van der Waals surface area contributed by atoms with Gasteiger partial charge < -0.3 is 5.32 Å². The topological polar surface area (TPSA) is 118 Å². The van der Waals surface area contributed by atoms with Crippen LogP contribution in [0.25, 0.3) is 0 Å². The largest absolute Gasteiger partial charge is 0.324 e. The Morgan fingerprint density at radius 3 is 2.35 bits per heavy atom. The Bertz CT molecular complexity index is 1010. The molecule has 2 aromatic rings. The molecule has 0 saturated heterocycles. The molecule has 0 aromatic heterocycles. The summed E-state index contributed by atoms with van der Waals surface area (Å²) in [6.07, 6.45) is 0. The molecule has 0 aliphatic carbocycles. The first-order valence-electron chi connectivity index (χ1n) is 7.37. The predicted octanol–water partition coefficient (Wildman–Crippen LogP) is 3.11. The van der Waals surface area contributed by atoms with Crippen molar-refractivity contribution in [1.29, 1.82) is 0 Å². The van der Waals surface area contributed by atoms with Crippen LogP contribution in [-0.4, -0.2) is 19.2 Å². The number of nitro benzene ring substituents is 1. The van der Waals surface area contributed by atoms with Gasteiger partial charge in [-0.25, -0.2) is 12.8 Å². The minimum absolute atomic E-state index is 0.0531. The molecule has 0 spiro atoms. The summed E-state index contributed by atoms with van der Waals surface area (Å²) >= 11 is 0. The fraction of sp³-hybridized carbons (Fsp3) is 0.188. The molecule has 26 heavy (non-hydrogen) atoms. The van der Waals surface area contributed by atoms with Gasteiger partial charge in [0.2, 0.25) is 5.91 Å². The summed E-state index contributed by atoms with van der Waals surface area (Å²) in [4.78, 5) is 21.0. The van der Waals surface area contributed by atoms with Crippen molar-refractivity contribution in [3.8, 4) is 0 Å². The van der Waals surface area contributed by atoms with Gasteiger partial charge in [0, 0.05) is 13.0 Å². The smallest absolute Gasteiger partial charge is 0.290 e. The monoisotopic (exact) mass is 381 g/mol. The van der Waals surface area contributed by atoms with Crippen molar-refractivity contribution in [2.24, 2.45) is 0 Å². The highest BCUT2D eigenvalue weighted by Crippen LogP contribution is 2.29.